The summed E-state index contributed by atoms with van der Waals surface area (Å²) < 4.78 is 10.6. The van der Waals surface area contributed by atoms with E-state index in [0.717, 1.165) is 120 Å². The molecule has 0 bridgehead atoms. The van der Waals surface area contributed by atoms with E-state index in [1.165, 1.54) is 218 Å². The van der Waals surface area contributed by atoms with E-state index in [2.05, 4.69) is 385 Å². The second-order valence-electron chi connectivity index (χ2n) is 43.4. The van der Waals surface area contributed by atoms with Crippen molar-refractivity contribution in [2.45, 2.75) is 524 Å². The van der Waals surface area contributed by atoms with Crippen LogP contribution in [0.3, 0.4) is 0 Å². The first-order valence-corrected chi connectivity index (χ1v) is 62.7. The van der Waals surface area contributed by atoms with Crippen molar-refractivity contribution in [3.05, 3.63) is 66.0 Å². The van der Waals surface area contributed by atoms with Crippen LogP contribution >= 0.6 is 0 Å². The molecule has 3 aliphatic carbocycles. The largest absolute Gasteiger partial charge is 0.381 e. The average molecular weight is 2110 g/mol. The number of rotatable bonds is 32. The highest BCUT2D eigenvalue weighted by Gasteiger charge is 2.27. The fourth-order valence-electron chi connectivity index (χ4n) is 15.9. The van der Waals surface area contributed by atoms with Crippen molar-refractivity contribution < 1.29 is 9.47 Å². The number of nitrogens with zero attached hydrogens (tertiary/aromatic N) is 17. The molecule has 3 saturated carbocycles. The van der Waals surface area contributed by atoms with Gasteiger partial charge in [-0.25, -0.2) is 0 Å². The molecule has 1 aromatic carbocycles. The fraction of sp³-hybridized carbons (Fsp3) is 0.915. The van der Waals surface area contributed by atoms with E-state index >= 15 is 0 Å². The molecule has 0 atom stereocenters. The van der Waals surface area contributed by atoms with Gasteiger partial charge in [0.05, 0.1) is 13.2 Å². The number of ether oxygens (including phenoxy) is 2. The maximum absolute atomic E-state index is 5.30. The van der Waals surface area contributed by atoms with Crippen LogP contribution in [-0.2, 0) is 22.4 Å². The van der Waals surface area contributed by atoms with Crippen molar-refractivity contribution >= 4 is 0 Å². The minimum Gasteiger partial charge on any atom is -0.381 e. The molecule has 0 unspecified atom stereocenters. The van der Waals surface area contributed by atoms with Gasteiger partial charge < -0.3 is 73.2 Å². The molecule has 2 aromatic rings. The number of hydrogen-bond donors (Lipinski definition) is 0. The average Bonchev–Trinajstić information content (AvgIpc) is 1.29. The van der Waals surface area contributed by atoms with Crippen molar-refractivity contribution in [2.75, 3.05) is 243 Å². The molecule has 8 aliphatic rings. The SMILES string of the molecule is CC.CC.CC.CC.CC.CC.CC.CC.CC.CC.CC(C)N(C)C1CCCCC1.CC(C)N(C)C1CCN(C)CC1.CC(C)N(C)C1CCOCC1.CC(C)N(C)CC1CC1.CC(C)N(C)CC1CCN(C)CC1.CC(C)N(C)CCN1CCN(C)CC1.CC(C)N(C)CCN1CCOCC1.CC(C)N(C)CCc1cccnc1.CC(C)N(C)Cc1ccccc1.CC1CCC(N(C)C(C)C)CC1.CCCN(C)C(C)C. The molecule has 5 aliphatic heterocycles. The van der Waals surface area contributed by atoms with Gasteiger partial charge in [0.1, 0.15) is 0 Å². The Labute approximate surface area is 937 Å². The lowest BCUT2D eigenvalue weighted by atomic mass is 9.86. The Morgan fingerprint density at radius 2 is 0.581 bits per heavy atom. The molecule has 0 amide bonds. The second-order valence-corrected chi connectivity index (χ2v) is 43.4. The van der Waals surface area contributed by atoms with Gasteiger partial charge >= 0.3 is 0 Å². The Balaban J connectivity index is -0.000000153. The Bertz CT molecular complexity index is 2660. The van der Waals surface area contributed by atoms with Crippen molar-refractivity contribution in [3.8, 4) is 0 Å². The molecule has 0 radical (unpaired) electrons. The third-order valence-electron chi connectivity index (χ3n) is 29.4. The number of likely N-dealkylation sites (tertiary alicyclic amines) is 2. The maximum atomic E-state index is 5.30. The van der Waals surface area contributed by atoms with Gasteiger partial charge in [0.15, 0.2) is 0 Å². The lowest BCUT2D eigenvalue weighted by Gasteiger charge is -2.37. The van der Waals surface area contributed by atoms with E-state index < -0.39 is 0 Å². The molecule has 0 spiro atoms. The van der Waals surface area contributed by atoms with E-state index in [9.17, 15) is 0 Å². The summed E-state index contributed by atoms with van der Waals surface area (Å²) in [7, 11) is 30.9. The molecule has 19 nitrogen and oxygen atoms in total. The van der Waals surface area contributed by atoms with Gasteiger partial charge in [0.25, 0.3) is 0 Å². The number of benzene rings is 1. The molecule has 8 fully saturated rings. The number of hydrogen-bond acceptors (Lipinski definition) is 19. The Kier molecular flexibility index (Phi) is 133. The zero-order chi connectivity index (χ0) is 117. The van der Waals surface area contributed by atoms with E-state index in [0.29, 0.717) is 54.4 Å². The molecule has 898 valence electrons. The third-order valence-corrected chi connectivity index (χ3v) is 29.4. The zero-order valence-corrected chi connectivity index (χ0v) is 113. The summed E-state index contributed by atoms with van der Waals surface area (Å²) in [6.07, 6.45) is 29.8. The molecular formula is C129H285N17O2. The summed E-state index contributed by atoms with van der Waals surface area (Å²) in [6, 6.07) is 25.5. The lowest BCUT2D eigenvalue weighted by molar-refractivity contribution is 0.0333. The number of likely N-dealkylation sites (N-methyl/N-ethyl adjacent to an activating group) is 4. The minimum absolute atomic E-state index is 0.616. The van der Waals surface area contributed by atoms with Gasteiger partial charge in [-0.3, -0.25) is 19.7 Å². The highest BCUT2D eigenvalue weighted by Crippen LogP contribution is 2.30. The highest BCUT2D eigenvalue weighted by atomic mass is 16.5. The Morgan fingerprint density at radius 3 is 0.905 bits per heavy atom. The summed E-state index contributed by atoms with van der Waals surface area (Å²) in [6.45, 7) is 121. The maximum Gasteiger partial charge on any atom is 0.0594 e. The summed E-state index contributed by atoms with van der Waals surface area (Å²) >= 11 is 0. The van der Waals surface area contributed by atoms with Crippen LogP contribution in [0.25, 0.3) is 0 Å². The smallest absolute Gasteiger partial charge is 0.0594 e. The first kappa shape index (κ1) is 168. The minimum atomic E-state index is 0.616. The van der Waals surface area contributed by atoms with Crippen LogP contribution in [0.1, 0.15) is 431 Å². The number of piperidine rings is 2. The van der Waals surface area contributed by atoms with Crippen LogP contribution in [0, 0.1) is 17.8 Å². The number of piperazine rings is 1. The molecule has 0 N–H and O–H groups in total. The molecule has 6 heterocycles. The van der Waals surface area contributed by atoms with Gasteiger partial charge in [-0.05, 0) is 421 Å². The molecular weight excluding hydrogens is 1820 g/mol. The lowest BCUT2D eigenvalue weighted by Crippen LogP contribution is -2.47. The van der Waals surface area contributed by atoms with Crippen molar-refractivity contribution in [1.82, 2.24) is 83.4 Å². The van der Waals surface area contributed by atoms with E-state index in [4.69, 9.17) is 9.47 Å². The van der Waals surface area contributed by atoms with Gasteiger partial charge in [-0.2, -0.15) is 0 Å². The number of pyridine rings is 1. The van der Waals surface area contributed by atoms with Gasteiger partial charge in [0, 0.05) is 208 Å². The molecule has 19 heteroatoms. The number of morpholine rings is 1. The predicted octanol–water partition coefficient (Wildman–Crippen LogP) is 29.6. The third kappa shape index (κ3) is 100. The van der Waals surface area contributed by atoms with E-state index in [1.807, 2.05) is 157 Å². The Morgan fingerprint density at radius 1 is 0.284 bits per heavy atom. The van der Waals surface area contributed by atoms with E-state index in [-0.39, 0.29) is 0 Å². The summed E-state index contributed by atoms with van der Waals surface area (Å²) in [4.78, 5) is 43.1. The van der Waals surface area contributed by atoms with Gasteiger partial charge in [0.2, 0.25) is 0 Å². The summed E-state index contributed by atoms with van der Waals surface area (Å²) in [5.74, 6) is 2.95. The normalized spacial score (nSPS) is 17.3. The van der Waals surface area contributed by atoms with E-state index in [1.54, 1.807) is 0 Å². The zero-order valence-electron chi connectivity index (χ0n) is 113. The van der Waals surface area contributed by atoms with Crippen LogP contribution in [0.5, 0.6) is 0 Å². The monoisotopic (exact) mass is 2110 g/mol. The number of aromatic nitrogens is 1. The van der Waals surface area contributed by atoms with Crippen molar-refractivity contribution in [3.63, 3.8) is 0 Å². The molecule has 1 aromatic heterocycles. The van der Waals surface area contributed by atoms with Crippen LogP contribution in [0.2, 0.25) is 0 Å². The summed E-state index contributed by atoms with van der Waals surface area (Å²) in [5, 5.41) is 0. The van der Waals surface area contributed by atoms with Gasteiger partial charge in [-0.15, -0.1) is 0 Å². The standard InChI is InChI=1S/C11H25N3.C11H24N2.C11H18N2.C11H23N.C11H17N.C10H22N2O.C10H22N2.C10H21N.C9H19NO.C8H17N.C7H17N.10C2H6/c1-11(2)13(4)7-10-14-8-5-12(3)6-9-14;1-10(2)13(4)9-11-5-7-12(3)8-6-11;1-10(2)13(3)8-6-11-5-4-7-12-9-11;1-9(2)12(4)11-7-5-10(3)6-8-11;1-10(2)12(3)9-11-7-5-4-6-8-11;1-10(2)11(3)4-5-12-6-8-13-9-7-12;1-9(2)12(4)10-5-7-11(3)8-6-10;1-9(2)11(3)10-7-5-4-6-8-10;1-8(2)10(3)9-4-6-11-7-5-9;1-7(2)9(3)6-8-4-5-8;1-5-6-8(4)7(2)3;10*1-2/h11H,5-10H2,1-4H3;10-11H,5-9H2,1-4H3;4-5,7,9-10H,6,8H2,1-3H3;9-11H,5-8H2,1-4H3;4-8,10H,9H2,1-3H3;10H,4-9H2,1-3H3;9-10H,5-8H2,1-4H3;9-10H,4-8H2,1-3H3;8-9H,4-7H2,1-3H3;7-8H,4-6H2,1-3H3;7H,5-6H2,1-4H3;10*1-2H3. The second kappa shape index (κ2) is 117. The first-order valence-electron chi connectivity index (χ1n) is 62.7. The molecule has 148 heavy (non-hydrogen) atoms. The van der Waals surface area contributed by atoms with Crippen LogP contribution in [0.15, 0.2) is 54.9 Å². The van der Waals surface area contributed by atoms with Crippen LogP contribution in [0.4, 0.5) is 0 Å². The van der Waals surface area contributed by atoms with Crippen LogP contribution in [-0.4, -0.2) is 417 Å². The summed E-state index contributed by atoms with van der Waals surface area (Å²) in [5.41, 5.74) is 2.70. The Hall–Kier alpha value is -2.35. The topological polar surface area (TPSA) is 83.2 Å². The van der Waals surface area contributed by atoms with Crippen molar-refractivity contribution in [1.29, 1.82) is 0 Å². The first-order chi connectivity index (χ1) is 70.3. The predicted molar refractivity (Wildman–Crippen MR) is 680 cm³/mol. The molecule has 5 saturated heterocycles. The quantitative estimate of drug-likeness (QED) is 0.0696. The van der Waals surface area contributed by atoms with Crippen molar-refractivity contribution in [2.24, 2.45) is 17.8 Å². The highest BCUT2D eigenvalue weighted by molar-refractivity contribution is 5.14. The molecule has 10 rings (SSSR count). The van der Waals surface area contributed by atoms with Gasteiger partial charge in [-0.1, -0.05) is 208 Å². The fourth-order valence-corrected chi connectivity index (χ4v) is 15.9. The van der Waals surface area contributed by atoms with Crippen LogP contribution < -0.4 is 0 Å².